The molecule has 2 unspecified atom stereocenters. The molecule has 0 spiro atoms. The van der Waals surface area contributed by atoms with Crippen LogP contribution in [0.5, 0.6) is 0 Å². The van der Waals surface area contributed by atoms with Gasteiger partial charge in [0, 0.05) is 13.1 Å². The van der Waals surface area contributed by atoms with Crippen LogP contribution >= 0.6 is 0 Å². The number of aryl methyl sites for hydroxylation is 1. The second kappa shape index (κ2) is 6.24. The van der Waals surface area contributed by atoms with Gasteiger partial charge in [0.15, 0.2) is 5.82 Å². The van der Waals surface area contributed by atoms with E-state index in [1.807, 2.05) is 4.68 Å². The van der Waals surface area contributed by atoms with Crippen LogP contribution in [0.1, 0.15) is 32.5 Å². The lowest BCUT2D eigenvalue weighted by atomic mass is 9.87. The summed E-state index contributed by atoms with van der Waals surface area (Å²) in [7, 11) is 0. The SMILES string of the molecule is CCCn1nnnc1CN1CCC(C)C(CN)C1. The first kappa shape index (κ1) is 13.4. The van der Waals surface area contributed by atoms with Crippen LogP contribution in [0.3, 0.4) is 0 Å². The third kappa shape index (κ3) is 3.05. The number of piperidine rings is 1. The Morgan fingerprint density at radius 1 is 1.44 bits per heavy atom. The average molecular weight is 252 g/mol. The summed E-state index contributed by atoms with van der Waals surface area (Å²) in [6.07, 6.45) is 2.28. The molecule has 1 aromatic heterocycles. The van der Waals surface area contributed by atoms with E-state index in [2.05, 4.69) is 34.3 Å². The molecule has 2 atom stereocenters. The minimum absolute atomic E-state index is 0.606. The summed E-state index contributed by atoms with van der Waals surface area (Å²) in [5.41, 5.74) is 5.83. The first-order valence-electron chi connectivity index (χ1n) is 6.92. The fraction of sp³-hybridized carbons (Fsp3) is 0.917. The fourth-order valence-corrected chi connectivity index (χ4v) is 2.60. The highest BCUT2D eigenvalue weighted by Gasteiger charge is 2.25. The second-order valence-electron chi connectivity index (χ2n) is 5.32. The van der Waals surface area contributed by atoms with E-state index >= 15 is 0 Å². The third-order valence-electron chi connectivity index (χ3n) is 3.91. The summed E-state index contributed by atoms with van der Waals surface area (Å²) in [4.78, 5) is 2.43. The Hall–Kier alpha value is -1.01. The summed E-state index contributed by atoms with van der Waals surface area (Å²) in [6.45, 7) is 9.14. The Kier molecular flexibility index (Phi) is 4.66. The zero-order valence-corrected chi connectivity index (χ0v) is 11.4. The van der Waals surface area contributed by atoms with Crippen LogP contribution in [-0.2, 0) is 13.1 Å². The monoisotopic (exact) mass is 252 g/mol. The molecule has 2 N–H and O–H groups in total. The number of rotatable bonds is 5. The number of nitrogens with zero attached hydrogens (tertiary/aromatic N) is 5. The van der Waals surface area contributed by atoms with Crippen molar-refractivity contribution in [2.45, 2.75) is 39.8 Å². The van der Waals surface area contributed by atoms with E-state index in [-0.39, 0.29) is 0 Å². The van der Waals surface area contributed by atoms with E-state index in [4.69, 9.17) is 5.73 Å². The Bertz CT molecular complexity index is 363. The van der Waals surface area contributed by atoms with Crippen LogP contribution in [0, 0.1) is 11.8 Å². The number of hydrogen-bond donors (Lipinski definition) is 1. The summed E-state index contributed by atoms with van der Waals surface area (Å²) < 4.78 is 1.91. The normalized spacial score (nSPS) is 25.5. The minimum atomic E-state index is 0.606. The van der Waals surface area contributed by atoms with E-state index in [1.165, 1.54) is 6.42 Å². The van der Waals surface area contributed by atoms with Gasteiger partial charge in [-0.05, 0) is 48.2 Å². The van der Waals surface area contributed by atoms with Gasteiger partial charge < -0.3 is 5.73 Å². The van der Waals surface area contributed by atoms with Gasteiger partial charge in [0.1, 0.15) is 0 Å². The highest BCUT2D eigenvalue weighted by molar-refractivity contribution is 4.85. The van der Waals surface area contributed by atoms with Gasteiger partial charge in [-0.15, -0.1) is 5.10 Å². The molecule has 0 bridgehead atoms. The van der Waals surface area contributed by atoms with Crippen LogP contribution < -0.4 is 5.73 Å². The molecule has 1 aliphatic heterocycles. The molecule has 0 radical (unpaired) electrons. The molecular formula is C12H24N6. The molecule has 1 fully saturated rings. The highest BCUT2D eigenvalue weighted by atomic mass is 15.5. The maximum atomic E-state index is 5.83. The van der Waals surface area contributed by atoms with E-state index < -0.39 is 0 Å². The molecule has 6 nitrogen and oxygen atoms in total. The van der Waals surface area contributed by atoms with Gasteiger partial charge in [0.25, 0.3) is 0 Å². The lowest BCUT2D eigenvalue weighted by molar-refractivity contribution is 0.122. The molecule has 1 aromatic rings. The lowest BCUT2D eigenvalue weighted by Gasteiger charge is -2.36. The van der Waals surface area contributed by atoms with Crippen molar-refractivity contribution >= 4 is 0 Å². The van der Waals surface area contributed by atoms with Gasteiger partial charge in [-0.1, -0.05) is 13.8 Å². The summed E-state index contributed by atoms with van der Waals surface area (Å²) in [5, 5.41) is 11.9. The molecule has 2 heterocycles. The zero-order chi connectivity index (χ0) is 13.0. The first-order chi connectivity index (χ1) is 8.74. The van der Waals surface area contributed by atoms with Crippen molar-refractivity contribution in [1.82, 2.24) is 25.1 Å². The van der Waals surface area contributed by atoms with Crippen molar-refractivity contribution < 1.29 is 0 Å². The molecule has 0 amide bonds. The number of hydrogen-bond acceptors (Lipinski definition) is 5. The van der Waals surface area contributed by atoms with Crippen molar-refractivity contribution in [3.63, 3.8) is 0 Å². The quantitative estimate of drug-likeness (QED) is 0.826. The third-order valence-corrected chi connectivity index (χ3v) is 3.91. The van der Waals surface area contributed by atoms with Crippen LogP contribution in [0.15, 0.2) is 0 Å². The summed E-state index contributed by atoms with van der Waals surface area (Å²) >= 11 is 0. The second-order valence-corrected chi connectivity index (χ2v) is 5.32. The lowest BCUT2D eigenvalue weighted by Crippen LogP contribution is -2.42. The fourth-order valence-electron chi connectivity index (χ4n) is 2.60. The molecule has 0 aromatic carbocycles. The number of tetrazole rings is 1. The van der Waals surface area contributed by atoms with Crippen molar-refractivity contribution in [2.24, 2.45) is 17.6 Å². The van der Waals surface area contributed by atoms with Crippen LogP contribution in [0.25, 0.3) is 0 Å². The van der Waals surface area contributed by atoms with E-state index in [1.54, 1.807) is 0 Å². The molecule has 1 aliphatic rings. The maximum absolute atomic E-state index is 5.83. The van der Waals surface area contributed by atoms with E-state index in [0.29, 0.717) is 5.92 Å². The van der Waals surface area contributed by atoms with Crippen LogP contribution in [0.4, 0.5) is 0 Å². The van der Waals surface area contributed by atoms with Gasteiger partial charge in [-0.2, -0.15) is 0 Å². The Balaban J connectivity index is 1.94. The molecule has 2 rings (SSSR count). The van der Waals surface area contributed by atoms with Gasteiger partial charge in [0.05, 0.1) is 6.54 Å². The maximum Gasteiger partial charge on any atom is 0.165 e. The Morgan fingerprint density at radius 3 is 3.00 bits per heavy atom. The molecule has 102 valence electrons. The zero-order valence-electron chi connectivity index (χ0n) is 11.4. The molecule has 0 aliphatic carbocycles. The van der Waals surface area contributed by atoms with Crippen LogP contribution in [0.2, 0.25) is 0 Å². The van der Waals surface area contributed by atoms with Gasteiger partial charge >= 0.3 is 0 Å². The van der Waals surface area contributed by atoms with E-state index in [9.17, 15) is 0 Å². The van der Waals surface area contributed by atoms with Crippen molar-refractivity contribution in [2.75, 3.05) is 19.6 Å². The molecule has 1 saturated heterocycles. The molecule has 6 heteroatoms. The predicted octanol–water partition coefficient (Wildman–Crippen LogP) is 0.500. The molecule has 18 heavy (non-hydrogen) atoms. The average Bonchev–Trinajstić information content (AvgIpc) is 2.80. The summed E-state index contributed by atoms with van der Waals surface area (Å²) in [6, 6.07) is 0. The smallest absolute Gasteiger partial charge is 0.165 e. The number of likely N-dealkylation sites (tertiary alicyclic amines) is 1. The van der Waals surface area contributed by atoms with Gasteiger partial charge in [0.2, 0.25) is 0 Å². The van der Waals surface area contributed by atoms with Crippen LogP contribution in [-0.4, -0.2) is 44.7 Å². The summed E-state index contributed by atoms with van der Waals surface area (Å²) in [5.74, 6) is 2.31. The van der Waals surface area contributed by atoms with Crippen molar-refractivity contribution in [3.05, 3.63) is 5.82 Å². The van der Waals surface area contributed by atoms with Crippen molar-refractivity contribution in [1.29, 1.82) is 0 Å². The van der Waals surface area contributed by atoms with Gasteiger partial charge in [-0.3, -0.25) is 4.90 Å². The van der Waals surface area contributed by atoms with Crippen molar-refractivity contribution in [3.8, 4) is 0 Å². The Morgan fingerprint density at radius 2 is 2.28 bits per heavy atom. The Labute approximate surface area is 109 Å². The predicted molar refractivity (Wildman–Crippen MR) is 69.7 cm³/mol. The molecular weight excluding hydrogens is 228 g/mol. The van der Waals surface area contributed by atoms with Gasteiger partial charge in [-0.25, -0.2) is 4.68 Å². The minimum Gasteiger partial charge on any atom is -0.330 e. The highest BCUT2D eigenvalue weighted by Crippen LogP contribution is 2.23. The first-order valence-corrected chi connectivity index (χ1v) is 6.92. The van der Waals surface area contributed by atoms with E-state index in [0.717, 1.165) is 50.9 Å². The largest absolute Gasteiger partial charge is 0.330 e. The topological polar surface area (TPSA) is 72.9 Å². The number of aromatic nitrogens is 4. The number of nitrogens with two attached hydrogens (primary N) is 1. The molecule has 0 saturated carbocycles. The standard InChI is InChI=1S/C12H24N6/c1-3-5-18-12(14-15-16-18)9-17-6-4-10(2)11(7-13)8-17/h10-11H,3-9,13H2,1-2H3.